The van der Waals surface area contributed by atoms with Crippen LogP contribution in [0, 0.1) is 0 Å². The van der Waals surface area contributed by atoms with Gasteiger partial charge in [0.2, 0.25) is 0 Å². The first-order valence-electron chi connectivity index (χ1n) is 4.58. The molecule has 0 radical (unpaired) electrons. The fraction of sp³-hybridized carbons (Fsp3) is 0.200. The van der Waals surface area contributed by atoms with Gasteiger partial charge in [-0.15, -0.1) is 0 Å². The highest BCUT2D eigenvalue weighted by Crippen LogP contribution is 2.35. The highest BCUT2D eigenvalue weighted by molar-refractivity contribution is 7.00. The summed E-state index contributed by atoms with van der Waals surface area (Å²) in [5.74, 6) is 0. The molecular formula is C10H9Cl2N3S. The fourth-order valence-corrected chi connectivity index (χ4v) is 2.46. The Morgan fingerprint density at radius 2 is 2.06 bits per heavy atom. The van der Waals surface area contributed by atoms with E-state index in [1.54, 1.807) is 6.07 Å². The minimum Gasteiger partial charge on any atom is -0.378 e. The lowest BCUT2D eigenvalue weighted by Gasteiger charge is -2.09. The second-order valence-corrected chi connectivity index (χ2v) is 4.83. The maximum absolute atomic E-state index is 6.11. The number of nitrogens with one attached hydrogen (secondary N) is 1. The molecule has 6 heteroatoms. The third-order valence-electron chi connectivity index (χ3n) is 2.01. The van der Waals surface area contributed by atoms with E-state index in [9.17, 15) is 0 Å². The van der Waals surface area contributed by atoms with Gasteiger partial charge in [-0.3, -0.25) is 0 Å². The first kappa shape index (κ1) is 11.6. The van der Waals surface area contributed by atoms with E-state index in [4.69, 9.17) is 23.2 Å². The van der Waals surface area contributed by atoms with E-state index in [0.29, 0.717) is 27.6 Å². The van der Waals surface area contributed by atoms with Crippen molar-refractivity contribution >= 4 is 51.7 Å². The Kier molecular flexibility index (Phi) is 3.33. The molecule has 0 aliphatic carbocycles. The molecule has 1 N–H and O–H groups in total. The van der Waals surface area contributed by atoms with E-state index in [-0.39, 0.29) is 0 Å². The van der Waals surface area contributed by atoms with Crippen LogP contribution >= 0.6 is 34.9 Å². The number of rotatable bonds is 3. The third-order valence-corrected chi connectivity index (χ3v) is 3.13. The lowest BCUT2D eigenvalue weighted by atomic mass is 10.2. The van der Waals surface area contributed by atoms with Gasteiger partial charge in [-0.25, -0.2) is 0 Å². The van der Waals surface area contributed by atoms with Gasteiger partial charge in [0.25, 0.3) is 0 Å². The van der Waals surface area contributed by atoms with Gasteiger partial charge in [-0.2, -0.15) is 8.75 Å². The smallest absolute Gasteiger partial charge is 0.130 e. The van der Waals surface area contributed by atoms with E-state index >= 15 is 0 Å². The molecule has 0 saturated carbocycles. The van der Waals surface area contributed by atoms with E-state index in [1.807, 2.05) is 6.92 Å². The molecule has 2 aromatic rings. The second kappa shape index (κ2) is 4.57. The number of hydrogen-bond acceptors (Lipinski definition) is 4. The number of hydrogen-bond donors (Lipinski definition) is 1. The highest BCUT2D eigenvalue weighted by Gasteiger charge is 2.13. The van der Waals surface area contributed by atoms with Crippen LogP contribution < -0.4 is 5.32 Å². The zero-order chi connectivity index (χ0) is 11.7. The predicted octanol–water partition coefficient (Wildman–Crippen LogP) is 3.99. The Bertz CT molecular complexity index is 550. The first-order valence-corrected chi connectivity index (χ1v) is 6.06. The molecule has 0 atom stereocenters. The molecular weight excluding hydrogens is 265 g/mol. The molecule has 1 aromatic heterocycles. The van der Waals surface area contributed by atoms with Gasteiger partial charge in [0.15, 0.2) is 0 Å². The van der Waals surface area contributed by atoms with Gasteiger partial charge in [-0.1, -0.05) is 35.4 Å². The lowest BCUT2D eigenvalue weighted by Crippen LogP contribution is -2.03. The van der Waals surface area contributed by atoms with Crippen LogP contribution in [-0.2, 0) is 0 Å². The van der Waals surface area contributed by atoms with Crippen molar-refractivity contribution in [1.29, 1.82) is 0 Å². The Morgan fingerprint density at radius 1 is 1.38 bits per heavy atom. The van der Waals surface area contributed by atoms with Gasteiger partial charge in [-0.05, 0) is 13.0 Å². The highest BCUT2D eigenvalue weighted by atomic mass is 35.5. The van der Waals surface area contributed by atoms with Gasteiger partial charge in [0, 0.05) is 6.54 Å². The zero-order valence-electron chi connectivity index (χ0n) is 8.55. The van der Waals surface area contributed by atoms with Crippen molar-refractivity contribution in [2.45, 2.75) is 6.92 Å². The standard InChI is InChI=1S/C10H9Cl2N3S/c1-5(2)4-13-8-6(11)3-7(12)9-10(8)15-16-14-9/h3,13H,1,4H2,2H3. The summed E-state index contributed by atoms with van der Waals surface area (Å²) in [5, 5.41) is 4.25. The molecule has 3 nitrogen and oxygen atoms in total. The van der Waals surface area contributed by atoms with Crippen molar-refractivity contribution in [2.24, 2.45) is 0 Å². The van der Waals surface area contributed by atoms with E-state index in [0.717, 1.165) is 23.0 Å². The molecule has 0 saturated heterocycles. The molecule has 0 unspecified atom stereocenters. The molecule has 0 amide bonds. The summed E-state index contributed by atoms with van der Waals surface area (Å²) >= 11 is 13.2. The normalized spacial score (nSPS) is 10.7. The minimum atomic E-state index is 0.523. The maximum Gasteiger partial charge on any atom is 0.130 e. The Balaban J connectivity index is 2.50. The average Bonchev–Trinajstić information content (AvgIpc) is 2.65. The number of aromatic nitrogens is 2. The fourth-order valence-electron chi connectivity index (χ4n) is 1.28. The zero-order valence-corrected chi connectivity index (χ0v) is 10.9. The van der Waals surface area contributed by atoms with Gasteiger partial charge >= 0.3 is 0 Å². The predicted molar refractivity (Wildman–Crippen MR) is 70.7 cm³/mol. The minimum absolute atomic E-state index is 0.523. The summed E-state index contributed by atoms with van der Waals surface area (Å²) < 4.78 is 8.31. The summed E-state index contributed by atoms with van der Waals surface area (Å²) in [5.41, 5.74) is 3.17. The average molecular weight is 274 g/mol. The summed E-state index contributed by atoms with van der Waals surface area (Å²) in [6, 6.07) is 1.67. The molecule has 84 valence electrons. The molecule has 2 rings (SSSR count). The summed E-state index contributed by atoms with van der Waals surface area (Å²) in [6.07, 6.45) is 0. The Labute approximate surface area is 107 Å². The molecule has 0 spiro atoms. The van der Waals surface area contributed by atoms with Crippen molar-refractivity contribution in [3.8, 4) is 0 Å². The number of halogens is 2. The Morgan fingerprint density at radius 3 is 2.75 bits per heavy atom. The van der Waals surface area contributed by atoms with Gasteiger partial charge in [0.1, 0.15) is 11.0 Å². The molecule has 1 heterocycles. The van der Waals surface area contributed by atoms with Crippen LogP contribution in [0.25, 0.3) is 11.0 Å². The summed E-state index contributed by atoms with van der Waals surface area (Å²) in [4.78, 5) is 0. The van der Waals surface area contributed by atoms with E-state index < -0.39 is 0 Å². The van der Waals surface area contributed by atoms with E-state index in [2.05, 4.69) is 20.6 Å². The van der Waals surface area contributed by atoms with Crippen molar-refractivity contribution in [3.63, 3.8) is 0 Å². The Hall–Kier alpha value is -0.840. The van der Waals surface area contributed by atoms with Crippen LogP contribution in [0.4, 0.5) is 5.69 Å². The number of benzene rings is 1. The quantitative estimate of drug-likeness (QED) is 0.860. The molecule has 1 aromatic carbocycles. The van der Waals surface area contributed by atoms with Crippen LogP contribution in [0.1, 0.15) is 6.92 Å². The van der Waals surface area contributed by atoms with E-state index in [1.165, 1.54) is 0 Å². The van der Waals surface area contributed by atoms with Crippen LogP contribution in [0.5, 0.6) is 0 Å². The first-order chi connectivity index (χ1) is 7.59. The molecule has 16 heavy (non-hydrogen) atoms. The van der Waals surface area contributed by atoms with Crippen LogP contribution in [-0.4, -0.2) is 15.3 Å². The van der Waals surface area contributed by atoms with Crippen LogP contribution in [0.15, 0.2) is 18.2 Å². The van der Waals surface area contributed by atoms with Gasteiger partial charge < -0.3 is 5.32 Å². The van der Waals surface area contributed by atoms with Crippen molar-refractivity contribution < 1.29 is 0 Å². The summed E-state index contributed by atoms with van der Waals surface area (Å²) in [6.45, 7) is 6.40. The molecule has 0 aliphatic rings. The largest absolute Gasteiger partial charge is 0.378 e. The van der Waals surface area contributed by atoms with Crippen LogP contribution in [0.2, 0.25) is 10.0 Å². The van der Waals surface area contributed by atoms with Crippen molar-refractivity contribution in [2.75, 3.05) is 11.9 Å². The number of nitrogens with zero attached hydrogens (tertiary/aromatic N) is 2. The summed E-state index contributed by atoms with van der Waals surface area (Å²) in [7, 11) is 0. The van der Waals surface area contributed by atoms with Crippen molar-refractivity contribution in [3.05, 3.63) is 28.3 Å². The lowest BCUT2D eigenvalue weighted by molar-refractivity contribution is 1.22. The SMILES string of the molecule is C=C(C)CNc1c(Cl)cc(Cl)c2nsnc12. The molecule has 0 fully saturated rings. The maximum atomic E-state index is 6.11. The van der Waals surface area contributed by atoms with Crippen LogP contribution in [0.3, 0.4) is 0 Å². The molecule has 0 bridgehead atoms. The molecule has 0 aliphatic heterocycles. The second-order valence-electron chi connectivity index (χ2n) is 3.49. The van der Waals surface area contributed by atoms with Crippen molar-refractivity contribution in [1.82, 2.24) is 8.75 Å². The third kappa shape index (κ3) is 2.14. The topological polar surface area (TPSA) is 37.8 Å². The van der Waals surface area contributed by atoms with Gasteiger partial charge in [0.05, 0.1) is 27.5 Å². The number of fused-ring (bicyclic) bond motifs is 1. The monoisotopic (exact) mass is 273 g/mol. The number of anilines is 1.